The van der Waals surface area contributed by atoms with Gasteiger partial charge in [-0.1, -0.05) is 0 Å². The van der Waals surface area contributed by atoms with Gasteiger partial charge in [-0.3, -0.25) is 9.59 Å². The number of quaternary nitrogens is 4. The lowest BCUT2D eigenvalue weighted by Crippen LogP contribution is -2.40. The van der Waals surface area contributed by atoms with Crippen molar-refractivity contribution in [2.45, 2.75) is 20.8 Å². The third kappa shape index (κ3) is 127000. The van der Waals surface area contributed by atoms with E-state index < -0.39 is 31.5 Å². The maximum absolute atomic E-state index is 9.08. The molecule has 17 N–H and O–H groups in total. The van der Waals surface area contributed by atoms with Crippen LogP contribution in [0, 0.1) is 0 Å². The Morgan fingerprint density at radius 1 is 0.694 bits per heavy atom. The van der Waals surface area contributed by atoms with Crippen LogP contribution < -0.4 is 54.8 Å². The number of carboxylic acid groups (broad SMARTS) is 3. The highest BCUT2D eigenvalue weighted by Gasteiger charge is 1.65. The Labute approximate surface area is 216 Å². The molecule has 18 nitrogen and oxygen atoms in total. The molecule has 0 aromatic carbocycles. The van der Waals surface area contributed by atoms with E-state index in [1.807, 2.05) is 0 Å². The van der Waals surface area contributed by atoms with Gasteiger partial charge in [0.2, 0.25) is 0 Å². The summed E-state index contributed by atoms with van der Waals surface area (Å²) in [6.45, 7) is 2.54. The summed E-state index contributed by atoms with van der Waals surface area (Å²) in [5.74, 6) is -3.00. The van der Waals surface area contributed by atoms with Crippen LogP contribution in [-0.2, 0) is 33.4 Å². The summed E-state index contributed by atoms with van der Waals surface area (Å²) >= 11 is 0. The van der Waals surface area contributed by atoms with Gasteiger partial charge in [0.25, 0.3) is 12.4 Å². The lowest BCUT2D eigenvalue weighted by molar-refractivity contribution is -0.427. The van der Waals surface area contributed by atoms with Gasteiger partial charge in [0.05, 0.1) is 35.3 Å². The first-order valence-corrected chi connectivity index (χ1v) is 9.58. The Balaban J connectivity index is -0.0000000177. The first kappa shape index (κ1) is 76.6. The van der Waals surface area contributed by atoms with Crippen molar-refractivity contribution in [1.29, 1.82) is 0 Å². The largest absolute Gasteiger partial charge is 0.834 e. The molecule has 18 heteroatoms. The standard InChI is InChI=1S/2C2H5O2.4C2H4O2.6CH5N/c3*1-4-2-3;3*1-2(3)4;6*1-2/h2*2H2,1H3;2H,1H3;3*1H3,(H,3,4);6*2H2,1H3/q2*-1;;;;;;;;;;/p+2. The highest BCUT2D eigenvalue weighted by Crippen LogP contribution is 1.42. The fraction of sp³-hybridized carbons (Fsp3) is 0.778. The van der Waals surface area contributed by atoms with E-state index in [4.69, 9.17) is 44.7 Å². The first-order chi connectivity index (χ1) is 16.9. The van der Waals surface area contributed by atoms with E-state index in [-0.39, 0.29) is 0 Å². The molecule has 0 aliphatic rings. The molecule has 0 saturated heterocycles. The lowest BCUT2D eigenvalue weighted by Gasteiger charge is -1.93. The topological polar surface area (TPSA) is 371 Å². The molecule has 0 saturated carbocycles. The number of methoxy groups -OCH3 is 3. The molecular formula is C18H58N6O12. The van der Waals surface area contributed by atoms with E-state index in [2.05, 4.69) is 48.6 Å². The van der Waals surface area contributed by atoms with Crippen molar-refractivity contribution in [2.24, 2.45) is 11.5 Å². The predicted octanol–water partition coefficient (Wildman–Crippen LogP) is -10.1. The highest BCUT2D eigenvalue weighted by molar-refractivity contribution is 5.63. The molecule has 0 fully saturated rings. The lowest BCUT2D eigenvalue weighted by atomic mass is 10.9. The maximum Gasteiger partial charge on any atom is 0.300 e. The summed E-state index contributed by atoms with van der Waals surface area (Å²) in [6, 6.07) is 0. The molecule has 232 valence electrons. The smallest absolute Gasteiger partial charge is 0.300 e. The Bertz CT molecular complexity index is 234. The molecular weight excluding hydrogens is 492 g/mol. The summed E-state index contributed by atoms with van der Waals surface area (Å²) in [4.78, 5) is 35.7. The van der Waals surface area contributed by atoms with Crippen molar-refractivity contribution >= 4 is 24.4 Å². The molecule has 0 bridgehead atoms. The summed E-state index contributed by atoms with van der Waals surface area (Å²) < 4.78 is 11.8. The van der Waals surface area contributed by atoms with Crippen LogP contribution in [0.15, 0.2) is 0 Å². The van der Waals surface area contributed by atoms with Crippen LogP contribution in [-0.4, -0.2) is 107 Å². The molecule has 0 atom stereocenters. The van der Waals surface area contributed by atoms with Crippen LogP contribution in [0.25, 0.3) is 0 Å². The van der Waals surface area contributed by atoms with Gasteiger partial charge >= 0.3 is 0 Å². The number of nitrogens with two attached hydrogens (primary N) is 2. The number of ether oxygens (including phenoxy) is 3. The molecule has 0 aromatic rings. The van der Waals surface area contributed by atoms with E-state index in [9.17, 15) is 0 Å². The van der Waals surface area contributed by atoms with Gasteiger partial charge in [0, 0.05) is 33.1 Å². The van der Waals surface area contributed by atoms with Gasteiger partial charge in [0.1, 0.15) is 0 Å². The third-order valence-electron chi connectivity index (χ3n) is 0.332. The predicted molar refractivity (Wildman–Crippen MR) is 127 cm³/mol. The summed E-state index contributed by atoms with van der Waals surface area (Å²) in [5.41, 5.74) is 22.0. The van der Waals surface area contributed by atoms with Crippen LogP contribution >= 0.6 is 0 Å². The minimum atomic E-state index is -1.08. The van der Waals surface area contributed by atoms with Gasteiger partial charge < -0.3 is 83.7 Å². The van der Waals surface area contributed by atoms with E-state index >= 15 is 0 Å². The Morgan fingerprint density at radius 3 is 0.750 bits per heavy atom. The van der Waals surface area contributed by atoms with Gasteiger partial charge in [-0.05, 0) is 41.5 Å². The fourth-order valence-electron chi connectivity index (χ4n) is 0. The zero-order valence-electron chi connectivity index (χ0n) is 24.4. The van der Waals surface area contributed by atoms with Crippen LogP contribution in [0.4, 0.5) is 0 Å². The van der Waals surface area contributed by atoms with E-state index in [0.29, 0.717) is 6.47 Å². The second-order valence-corrected chi connectivity index (χ2v) is 2.65. The van der Waals surface area contributed by atoms with Crippen LogP contribution in [0.1, 0.15) is 20.8 Å². The Morgan fingerprint density at radius 2 is 0.750 bits per heavy atom. The fourth-order valence-corrected chi connectivity index (χ4v) is 0. The van der Waals surface area contributed by atoms with Gasteiger partial charge in [0.15, 0.2) is 0 Å². The van der Waals surface area contributed by atoms with Crippen LogP contribution in [0.3, 0.4) is 0 Å². The van der Waals surface area contributed by atoms with Crippen molar-refractivity contribution in [3.8, 4) is 0 Å². The van der Waals surface area contributed by atoms with Crippen molar-refractivity contribution in [2.75, 3.05) is 77.2 Å². The molecule has 0 heterocycles. The summed E-state index contributed by atoms with van der Waals surface area (Å²) in [6.07, 6.45) is 0. The molecule has 36 heavy (non-hydrogen) atoms. The average molecular weight is 551 g/mol. The van der Waals surface area contributed by atoms with Crippen LogP contribution in [0.5, 0.6) is 0 Å². The third-order valence-corrected chi connectivity index (χ3v) is 0.332. The van der Waals surface area contributed by atoms with Crippen molar-refractivity contribution < 1.29 is 81.9 Å². The molecule has 0 unspecified atom stereocenters. The Hall–Kier alpha value is -2.52. The van der Waals surface area contributed by atoms with Crippen LogP contribution in [0.2, 0.25) is 0 Å². The number of aliphatic carboxylic acids is 3. The van der Waals surface area contributed by atoms with E-state index in [1.54, 1.807) is 28.2 Å². The zero-order chi connectivity index (χ0) is 33.0. The van der Waals surface area contributed by atoms with Gasteiger partial charge in [-0.15, -0.1) is 0 Å². The zero-order valence-corrected chi connectivity index (χ0v) is 24.4. The van der Waals surface area contributed by atoms with Crippen molar-refractivity contribution in [3.63, 3.8) is 0 Å². The second kappa shape index (κ2) is 207. The number of hydrogen-bond acceptors (Lipinski definition) is 13. The normalized spacial score (nSPS) is 5.33. The number of carboxylic acids is 3. The molecule has 0 aliphatic heterocycles. The SMILES string of the molecule is CC(=O)O.CC(=O)[O-].CC(=O)[O-].CN.CN.COC=O.COC[O-].COC[O-].C[NH3+].C[NH3+].C[NH3+].C[NH3+]. The molecule has 0 rings (SSSR count). The summed E-state index contributed by atoms with van der Waals surface area (Å²) in [7, 11) is 14.0. The molecule has 0 spiro atoms. The maximum atomic E-state index is 9.08. The average Bonchev–Trinajstić information content (AvgIpc) is 2.90. The molecule has 0 aliphatic carbocycles. The van der Waals surface area contributed by atoms with E-state index in [1.165, 1.54) is 35.4 Å². The quantitative estimate of drug-likeness (QED) is 0.127. The second-order valence-electron chi connectivity index (χ2n) is 2.65. The molecule has 0 aromatic heterocycles. The monoisotopic (exact) mass is 550 g/mol. The minimum Gasteiger partial charge on any atom is -0.834 e. The van der Waals surface area contributed by atoms with Gasteiger partial charge in [-0.25, -0.2) is 0 Å². The molecule has 0 amide bonds. The Kier molecular flexibility index (Phi) is 439. The number of rotatable bonds is 3. The number of carbonyl (C=O) groups is 4. The first-order valence-electron chi connectivity index (χ1n) is 9.58. The minimum absolute atomic E-state index is 0.375. The van der Waals surface area contributed by atoms with Crippen molar-refractivity contribution in [3.05, 3.63) is 0 Å². The summed E-state index contributed by atoms with van der Waals surface area (Å²) in [5, 5.41) is 43.3. The van der Waals surface area contributed by atoms with Crippen molar-refractivity contribution in [1.82, 2.24) is 0 Å². The number of carbonyl (C=O) groups excluding carboxylic acids is 3. The van der Waals surface area contributed by atoms with E-state index in [0.717, 1.165) is 20.8 Å². The van der Waals surface area contributed by atoms with Gasteiger partial charge in [-0.2, -0.15) is 0 Å². The molecule has 0 radical (unpaired) electrons. The number of hydrogen-bond donors (Lipinski definition) is 7. The highest BCUT2D eigenvalue weighted by atomic mass is 16.6.